The van der Waals surface area contributed by atoms with Crippen molar-refractivity contribution in [3.05, 3.63) is 50.9 Å². The lowest BCUT2D eigenvalue weighted by atomic mass is 10.2. The quantitative estimate of drug-likeness (QED) is 0.847. The summed E-state index contributed by atoms with van der Waals surface area (Å²) in [5.74, 6) is 0.349. The monoisotopic (exact) mass is 281 g/mol. The third kappa shape index (κ3) is 2.30. The molecule has 6 heteroatoms. The molecule has 4 nitrogen and oxygen atoms in total. The largest absolute Gasteiger partial charge is 0.346 e. The van der Waals surface area contributed by atoms with Gasteiger partial charge < -0.3 is 0 Å². The standard InChI is InChI=1S/C13H13ClFN3O/c14-10-5-4-9(7-11(10)15)8-18-13(19)17-6-2-1-3-12(17)16-18/h4-5,7H,1-3,6,8H2. The Morgan fingerprint density at radius 1 is 1.37 bits per heavy atom. The Balaban J connectivity index is 1.93. The molecule has 2 heterocycles. The molecule has 1 aromatic carbocycles. The highest BCUT2D eigenvalue weighted by Gasteiger charge is 2.16. The van der Waals surface area contributed by atoms with Crippen LogP contribution in [0.3, 0.4) is 0 Å². The fourth-order valence-electron chi connectivity index (χ4n) is 2.36. The third-order valence-electron chi connectivity index (χ3n) is 3.35. The van der Waals surface area contributed by atoms with Crippen molar-refractivity contribution >= 4 is 11.6 Å². The van der Waals surface area contributed by atoms with Crippen molar-refractivity contribution in [1.29, 1.82) is 0 Å². The first-order valence-electron chi connectivity index (χ1n) is 6.25. The maximum atomic E-state index is 13.4. The minimum absolute atomic E-state index is 0.0835. The molecule has 0 N–H and O–H groups in total. The van der Waals surface area contributed by atoms with E-state index < -0.39 is 5.82 Å². The van der Waals surface area contributed by atoms with E-state index in [4.69, 9.17) is 11.6 Å². The highest BCUT2D eigenvalue weighted by molar-refractivity contribution is 6.30. The van der Waals surface area contributed by atoms with E-state index >= 15 is 0 Å². The van der Waals surface area contributed by atoms with Gasteiger partial charge in [-0.1, -0.05) is 17.7 Å². The van der Waals surface area contributed by atoms with E-state index in [1.165, 1.54) is 16.8 Å². The average Bonchev–Trinajstić information content (AvgIpc) is 2.72. The first-order chi connectivity index (χ1) is 9.15. The maximum absolute atomic E-state index is 13.4. The molecule has 0 fully saturated rings. The van der Waals surface area contributed by atoms with E-state index in [0.29, 0.717) is 5.56 Å². The second kappa shape index (κ2) is 4.81. The predicted octanol–water partition coefficient (Wildman–Crippen LogP) is 2.22. The Morgan fingerprint density at radius 3 is 2.95 bits per heavy atom. The Morgan fingerprint density at radius 2 is 2.21 bits per heavy atom. The number of hydrogen-bond acceptors (Lipinski definition) is 2. The van der Waals surface area contributed by atoms with Crippen LogP contribution in [0.2, 0.25) is 5.02 Å². The van der Waals surface area contributed by atoms with Crippen LogP contribution in [0.1, 0.15) is 24.2 Å². The number of aryl methyl sites for hydroxylation is 1. The second-order valence-electron chi connectivity index (χ2n) is 4.71. The van der Waals surface area contributed by atoms with E-state index in [1.807, 2.05) is 0 Å². The van der Waals surface area contributed by atoms with Crippen molar-refractivity contribution in [2.24, 2.45) is 0 Å². The predicted molar refractivity (Wildman–Crippen MR) is 69.9 cm³/mol. The molecular weight excluding hydrogens is 269 g/mol. The SMILES string of the molecule is O=c1n(Cc2ccc(Cl)c(F)c2)nc2n1CCCC2. The maximum Gasteiger partial charge on any atom is 0.346 e. The van der Waals surface area contributed by atoms with Crippen molar-refractivity contribution in [3.63, 3.8) is 0 Å². The van der Waals surface area contributed by atoms with Gasteiger partial charge in [0.05, 0.1) is 11.6 Å². The van der Waals surface area contributed by atoms with Gasteiger partial charge in [-0.15, -0.1) is 0 Å². The molecule has 0 aliphatic carbocycles. The number of fused-ring (bicyclic) bond motifs is 1. The third-order valence-corrected chi connectivity index (χ3v) is 3.65. The van der Waals surface area contributed by atoms with E-state index in [9.17, 15) is 9.18 Å². The highest BCUT2D eigenvalue weighted by atomic mass is 35.5. The molecule has 3 rings (SSSR count). The van der Waals surface area contributed by atoms with Crippen LogP contribution >= 0.6 is 11.6 Å². The minimum Gasteiger partial charge on any atom is -0.279 e. The fraction of sp³-hybridized carbons (Fsp3) is 0.385. The van der Waals surface area contributed by atoms with Crippen LogP contribution < -0.4 is 5.69 Å². The molecule has 0 spiro atoms. The molecule has 100 valence electrons. The molecule has 1 aliphatic heterocycles. The molecule has 1 aromatic heterocycles. The van der Waals surface area contributed by atoms with E-state index in [1.54, 1.807) is 10.6 Å². The molecule has 0 amide bonds. The minimum atomic E-state index is -0.476. The van der Waals surface area contributed by atoms with Gasteiger partial charge in [0, 0.05) is 13.0 Å². The molecule has 0 bridgehead atoms. The van der Waals surface area contributed by atoms with Gasteiger partial charge in [-0.25, -0.2) is 13.9 Å². The van der Waals surface area contributed by atoms with Gasteiger partial charge >= 0.3 is 5.69 Å². The van der Waals surface area contributed by atoms with Crippen molar-refractivity contribution in [2.75, 3.05) is 0 Å². The Hall–Kier alpha value is -1.62. The van der Waals surface area contributed by atoms with Gasteiger partial charge in [-0.3, -0.25) is 4.57 Å². The van der Waals surface area contributed by atoms with Gasteiger partial charge in [-0.05, 0) is 30.5 Å². The summed E-state index contributed by atoms with van der Waals surface area (Å²) >= 11 is 5.63. The molecule has 2 aromatic rings. The number of hydrogen-bond donors (Lipinski definition) is 0. The van der Waals surface area contributed by atoms with Crippen LogP contribution in [0.25, 0.3) is 0 Å². The van der Waals surface area contributed by atoms with Gasteiger partial charge in [0.15, 0.2) is 0 Å². The number of halogens is 2. The van der Waals surface area contributed by atoms with E-state index in [-0.39, 0.29) is 17.3 Å². The number of nitrogens with zero attached hydrogens (tertiary/aromatic N) is 3. The van der Waals surface area contributed by atoms with Crippen LogP contribution in [0.5, 0.6) is 0 Å². The summed E-state index contributed by atoms with van der Waals surface area (Å²) in [5, 5.41) is 4.39. The van der Waals surface area contributed by atoms with Gasteiger partial charge in [0.2, 0.25) is 0 Å². The zero-order valence-corrected chi connectivity index (χ0v) is 11.0. The van der Waals surface area contributed by atoms with Gasteiger partial charge in [0.25, 0.3) is 0 Å². The Kier molecular flexibility index (Phi) is 3.14. The lowest BCUT2D eigenvalue weighted by Gasteiger charge is -2.09. The van der Waals surface area contributed by atoms with E-state index in [0.717, 1.165) is 31.6 Å². The highest BCUT2D eigenvalue weighted by Crippen LogP contribution is 2.16. The van der Waals surface area contributed by atoms with Crippen molar-refractivity contribution < 1.29 is 4.39 Å². The average molecular weight is 282 g/mol. The summed E-state index contributed by atoms with van der Waals surface area (Å²) in [6.45, 7) is 0.996. The molecule has 0 radical (unpaired) electrons. The van der Waals surface area contributed by atoms with Crippen LogP contribution in [-0.4, -0.2) is 14.3 Å². The summed E-state index contributed by atoms with van der Waals surface area (Å²) < 4.78 is 16.5. The first-order valence-corrected chi connectivity index (χ1v) is 6.63. The summed E-state index contributed by atoms with van der Waals surface area (Å²) in [6, 6.07) is 4.54. The zero-order valence-electron chi connectivity index (χ0n) is 10.3. The van der Waals surface area contributed by atoms with Gasteiger partial charge in [-0.2, -0.15) is 5.10 Å². The normalized spacial score (nSPS) is 14.4. The second-order valence-corrected chi connectivity index (χ2v) is 5.12. The molecule has 0 atom stereocenters. The summed E-state index contributed by atoms with van der Waals surface area (Å²) in [7, 11) is 0. The molecule has 0 saturated carbocycles. The molecule has 1 aliphatic rings. The molecular formula is C13H13ClFN3O. The number of rotatable bonds is 2. The van der Waals surface area contributed by atoms with Crippen molar-refractivity contribution in [3.8, 4) is 0 Å². The summed E-state index contributed by atoms with van der Waals surface area (Å²) in [4.78, 5) is 12.1. The topological polar surface area (TPSA) is 39.8 Å². The van der Waals surface area contributed by atoms with E-state index in [2.05, 4.69) is 5.10 Å². The lowest BCUT2D eigenvalue weighted by molar-refractivity contribution is 0.511. The molecule has 0 unspecified atom stereocenters. The lowest BCUT2D eigenvalue weighted by Crippen LogP contribution is -2.27. The zero-order chi connectivity index (χ0) is 13.4. The van der Waals surface area contributed by atoms with Gasteiger partial charge in [0.1, 0.15) is 11.6 Å². The summed E-state index contributed by atoms with van der Waals surface area (Å²) in [6.07, 6.45) is 2.90. The van der Waals surface area contributed by atoms with Crippen LogP contribution in [0, 0.1) is 5.82 Å². The summed E-state index contributed by atoms with van der Waals surface area (Å²) in [5.41, 5.74) is 0.560. The van der Waals surface area contributed by atoms with Crippen LogP contribution in [-0.2, 0) is 19.5 Å². The van der Waals surface area contributed by atoms with Crippen LogP contribution in [0.4, 0.5) is 4.39 Å². The number of benzene rings is 1. The Labute approximate surface area is 114 Å². The fourth-order valence-corrected chi connectivity index (χ4v) is 2.48. The Bertz CT molecular complexity index is 677. The van der Waals surface area contributed by atoms with Crippen LogP contribution in [0.15, 0.2) is 23.0 Å². The first kappa shape index (κ1) is 12.4. The molecule has 0 saturated heterocycles. The molecule has 19 heavy (non-hydrogen) atoms. The smallest absolute Gasteiger partial charge is 0.279 e. The van der Waals surface area contributed by atoms with Crippen molar-refractivity contribution in [1.82, 2.24) is 14.3 Å². The van der Waals surface area contributed by atoms with Crippen molar-refractivity contribution in [2.45, 2.75) is 32.4 Å². The number of aromatic nitrogens is 3.